The van der Waals surface area contributed by atoms with Crippen LogP contribution in [0.15, 0.2) is 18.7 Å². The van der Waals surface area contributed by atoms with E-state index in [1.54, 1.807) is 0 Å². The molecular formula is C12H21N3S. The number of hydrogen-bond donors (Lipinski definition) is 0. The van der Waals surface area contributed by atoms with E-state index in [-0.39, 0.29) is 0 Å². The summed E-state index contributed by atoms with van der Waals surface area (Å²) in [5.74, 6) is 0. The summed E-state index contributed by atoms with van der Waals surface area (Å²) >= 11 is 3.70. The minimum Gasteiger partial charge on any atom is -0.753 e. The van der Waals surface area contributed by atoms with Gasteiger partial charge in [0.1, 0.15) is 12.4 Å². The molecule has 0 radical (unpaired) electrons. The van der Waals surface area contributed by atoms with Crippen LogP contribution in [-0.4, -0.2) is 9.73 Å². The van der Waals surface area contributed by atoms with Gasteiger partial charge >= 0.3 is 0 Å². The number of unbranched alkanes of at least 4 members (excludes halogenated alkanes) is 4. The fourth-order valence-corrected chi connectivity index (χ4v) is 1.53. The molecule has 0 aliphatic heterocycles. The summed E-state index contributed by atoms with van der Waals surface area (Å²) in [7, 11) is 2.06. The first-order valence-electron chi connectivity index (χ1n) is 5.76. The fourth-order valence-electron chi connectivity index (χ4n) is 1.53. The Morgan fingerprint density at radius 3 is 2.44 bits per heavy atom. The number of thiocarbonyl (C=S) groups is 1. The van der Waals surface area contributed by atoms with Gasteiger partial charge in [-0.05, 0) is 12.8 Å². The van der Waals surface area contributed by atoms with Crippen LogP contribution in [-0.2, 0) is 13.6 Å². The number of rotatable bonds is 6. The van der Waals surface area contributed by atoms with E-state index in [1.807, 2.05) is 0 Å². The Morgan fingerprint density at radius 2 is 1.94 bits per heavy atom. The van der Waals surface area contributed by atoms with Crippen molar-refractivity contribution >= 4 is 17.4 Å². The van der Waals surface area contributed by atoms with E-state index in [0.717, 1.165) is 0 Å². The van der Waals surface area contributed by atoms with Gasteiger partial charge in [0.2, 0.25) is 6.33 Å². The highest BCUT2D eigenvalue weighted by molar-refractivity contribution is 7.78. The molecule has 1 aromatic rings. The van der Waals surface area contributed by atoms with Gasteiger partial charge < -0.3 is 5.41 Å². The lowest BCUT2D eigenvalue weighted by Crippen LogP contribution is -2.23. The third kappa shape index (κ3) is 8.33. The molecule has 0 N–H and O–H groups in total. The van der Waals surface area contributed by atoms with Gasteiger partial charge in [0.05, 0.1) is 13.6 Å². The van der Waals surface area contributed by atoms with Crippen LogP contribution in [0.2, 0.25) is 0 Å². The summed E-state index contributed by atoms with van der Waals surface area (Å²) in [6, 6.07) is 0. The van der Waals surface area contributed by atoms with Crippen molar-refractivity contribution in [2.45, 2.75) is 45.6 Å². The molecule has 0 amide bonds. The lowest BCUT2D eigenvalue weighted by molar-refractivity contribution is -0.671. The molecule has 0 aromatic carbocycles. The summed E-state index contributed by atoms with van der Waals surface area (Å²) in [5, 5.41) is 8.47. The molecule has 1 aromatic heterocycles. The predicted molar refractivity (Wildman–Crippen MR) is 70.3 cm³/mol. The Bertz CT molecular complexity index is 301. The number of hydrogen-bond acceptors (Lipinski definition) is 1. The van der Waals surface area contributed by atoms with Crippen LogP contribution in [0.4, 0.5) is 0 Å². The average molecular weight is 239 g/mol. The predicted octanol–water partition coefficient (Wildman–Crippen LogP) is 2.94. The SMILES string of the molecule is CCCCCCCn1cc[n+](C)c1.[N-]=C=S. The molecule has 0 saturated carbocycles. The van der Waals surface area contributed by atoms with Crippen LogP contribution in [0, 0.1) is 0 Å². The zero-order chi connectivity index (χ0) is 12.2. The molecule has 4 heteroatoms. The molecule has 16 heavy (non-hydrogen) atoms. The van der Waals surface area contributed by atoms with Crippen molar-refractivity contribution < 1.29 is 4.57 Å². The van der Waals surface area contributed by atoms with Crippen LogP contribution < -0.4 is 4.57 Å². The summed E-state index contributed by atoms with van der Waals surface area (Å²) < 4.78 is 4.35. The molecule has 0 atom stereocenters. The van der Waals surface area contributed by atoms with Crippen molar-refractivity contribution in [3.8, 4) is 0 Å². The van der Waals surface area contributed by atoms with Crippen LogP contribution >= 0.6 is 12.2 Å². The van der Waals surface area contributed by atoms with Gasteiger partial charge in [0, 0.05) is 0 Å². The molecule has 0 saturated heterocycles. The summed E-state index contributed by atoms with van der Waals surface area (Å²) in [4.78, 5) is 0. The molecule has 0 aliphatic rings. The third-order valence-electron chi connectivity index (χ3n) is 2.34. The molecular weight excluding hydrogens is 218 g/mol. The zero-order valence-electron chi connectivity index (χ0n) is 10.2. The average Bonchev–Trinajstić information content (AvgIpc) is 2.65. The highest BCUT2D eigenvalue weighted by Gasteiger charge is 1.98. The summed E-state index contributed by atoms with van der Waals surface area (Å²) in [6.07, 6.45) is 13.2. The maximum Gasteiger partial charge on any atom is 0.243 e. The van der Waals surface area contributed by atoms with Gasteiger partial charge in [-0.2, -0.15) is 5.16 Å². The molecule has 1 heterocycles. The number of aryl methyl sites for hydroxylation is 2. The van der Waals surface area contributed by atoms with Crippen molar-refractivity contribution in [1.29, 1.82) is 0 Å². The minimum absolute atomic E-state index is 1.17. The van der Waals surface area contributed by atoms with Crippen LogP contribution in [0.25, 0.3) is 5.41 Å². The monoisotopic (exact) mass is 239 g/mol. The summed E-state index contributed by atoms with van der Waals surface area (Å²) in [6.45, 7) is 3.43. The number of nitrogens with zero attached hydrogens (tertiary/aromatic N) is 3. The van der Waals surface area contributed by atoms with Gasteiger partial charge in [-0.25, -0.2) is 9.13 Å². The second-order valence-electron chi connectivity index (χ2n) is 3.82. The maximum atomic E-state index is 7.13. The third-order valence-corrected chi connectivity index (χ3v) is 2.34. The van der Waals surface area contributed by atoms with Crippen LogP contribution in [0.3, 0.4) is 0 Å². The Kier molecular flexibility index (Phi) is 9.87. The topological polar surface area (TPSA) is 31.1 Å². The normalized spacial score (nSPS) is 9.12. The quantitative estimate of drug-likeness (QED) is 0.325. The minimum atomic E-state index is 1.17. The van der Waals surface area contributed by atoms with Crippen molar-refractivity contribution in [2.75, 3.05) is 0 Å². The van der Waals surface area contributed by atoms with E-state index in [1.165, 1.54) is 43.8 Å². The standard InChI is InChI=1S/C11H21N2.CNS/c1-3-4-5-6-7-8-13-10-9-12(2)11-13;2-1-3/h9-11H,3-8H2,1-2H3;/q+1;-1. The molecule has 3 nitrogen and oxygen atoms in total. The second kappa shape index (κ2) is 10.5. The first-order valence-corrected chi connectivity index (χ1v) is 6.17. The second-order valence-corrected chi connectivity index (χ2v) is 4.00. The van der Waals surface area contributed by atoms with Crippen LogP contribution in [0.1, 0.15) is 39.0 Å². The largest absolute Gasteiger partial charge is 0.753 e. The van der Waals surface area contributed by atoms with E-state index in [4.69, 9.17) is 5.41 Å². The molecule has 1 rings (SSSR count). The molecule has 0 spiro atoms. The van der Waals surface area contributed by atoms with Crippen molar-refractivity contribution in [3.05, 3.63) is 24.1 Å². The Hall–Kier alpha value is -0.990. The van der Waals surface area contributed by atoms with Gasteiger partial charge in [-0.15, -0.1) is 0 Å². The highest BCUT2D eigenvalue weighted by Crippen LogP contribution is 2.03. The molecule has 0 bridgehead atoms. The zero-order valence-corrected chi connectivity index (χ0v) is 11.0. The van der Waals surface area contributed by atoms with Gasteiger partial charge in [0.15, 0.2) is 0 Å². The first kappa shape index (κ1) is 15.0. The fraction of sp³-hybridized carbons (Fsp3) is 0.667. The van der Waals surface area contributed by atoms with E-state index >= 15 is 0 Å². The van der Waals surface area contributed by atoms with E-state index in [9.17, 15) is 0 Å². The molecule has 0 unspecified atom stereocenters. The lowest BCUT2D eigenvalue weighted by atomic mass is 10.1. The number of isothiocyanates is 1. The smallest absolute Gasteiger partial charge is 0.243 e. The Balaban J connectivity index is 0.000000673. The van der Waals surface area contributed by atoms with Gasteiger partial charge in [-0.3, -0.25) is 0 Å². The molecule has 0 fully saturated rings. The number of aromatic nitrogens is 2. The number of imidazole rings is 1. The molecule has 0 aliphatic carbocycles. The lowest BCUT2D eigenvalue weighted by Gasteiger charge is -1.97. The van der Waals surface area contributed by atoms with Crippen molar-refractivity contribution in [2.24, 2.45) is 7.05 Å². The van der Waals surface area contributed by atoms with E-state index < -0.39 is 0 Å². The van der Waals surface area contributed by atoms with Crippen molar-refractivity contribution in [3.63, 3.8) is 0 Å². The van der Waals surface area contributed by atoms with Crippen LogP contribution in [0.5, 0.6) is 0 Å². The van der Waals surface area contributed by atoms with E-state index in [0.29, 0.717) is 0 Å². The van der Waals surface area contributed by atoms with Gasteiger partial charge in [0.25, 0.3) is 0 Å². The highest BCUT2D eigenvalue weighted by atomic mass is 32.1. The Labute approximate surface area is 104 Å². The Morgan fingerprint density at radius 1 is 1.31 bits per heavy atom. The van der Waals surface area contributed by atoms with Gasteiger partial charge in [-0.1, -0.05) is 38.4 Å². The first-order chi connectivity index (χ1) is 7.74. The van der Waals surface area contributed by atoms with E-state index in [2.05, 4.69) is 54.0 Å². The van der Waals surface area contributed by atoms with Crippen molar-refractivity contribution in [1.82, 2.24) is 4.57 Å². The summed E-state index contributed by atoms with van der Waals surface area (Å²) in [5.41, 5.74) is 0. The maximum absolute atomic E-state index is 7.13. The molecule has 90 valence electrons.